The van der Waals surface area contributed by atoms with Gasteiger partial charge in [-0.1, -0.05) is 53.2 Å². The summed E-state index contributed by atoms with van der Waals surface area (Å²) < 4.78 is 0. The predicted octanol–water partition coefficient (Wildman–Crippen LogP) is 3.90. The lowest BCUT2D eigenvalue weighted by Crippen LogP contribution is -2.23. The number of rotatable bonds is 0. The van der Waals surface area contributed by atoms with Gasteiger partial charge < -0.3 is 0 Å². The number of allylic oxidation sites excluding steroid dienone is 4. The highest BCUT2D eigenvalue weighted by molar-refractivity contribution is 5.93. The highest BCUT2D eigenvalue weighted by Gasteiger charge is 2.29. The molecule has 0 bridgehead atoms. The molecule has 1 heteroatoms. The van der Waals surface area contributed by atoms with Crippen LogP contribution in [0.4, 0.5) is 0 Å². The van der Waals surface area contributed by atoms with Gasteiger partial charge in [0, 0.05) is 6.42 Å². The summed E-state index contributed by atoms with van der Waals surface area (Å²) in [6, 6.07) is 0. The van der Waals surface area contributed by atoms with Gasteiger partial charge in [-0.05, 0) is 22.5 Å². The van der Waals surface area contributed by atoms with E-state index in [-0.39, 0.29) is 16.6 Å². The Labute approximate surface area is 93.3 Å². The Morgan fingerprint density at radius 2 is 1.47 bits per heavy atom. The zero-order valence-electron chi connectivity index (χ0n) is 10.8. The van der Waals surface area contributed by atoms with E-state index >= 15 is 0 Å². The van der Waals surface area contributed by atoms with Crippen LogP contribution in [0.1, 0.15) is 48.0 Å². The largest absolute Gasteiger partial charge is 0.294 e. The maximum absolute atomic E-state index is 11.5. The Bertz CT molecular complexity index is 329. The van der Waals surface area contributed by atoms with Gasteiger partial charge in [0.05, 0.1) is 0 Å². The molecule has 0 radical (unpaired) electrons. The lowest BCUT2D eigenvalue weighted by molar-refractivity contribution is -0.114. The molecule has 0 aliphatic heterocycles. The van der Waals surface area contributed by atoms with E-state index in [4.69, 9.17) is 0 Å². The topological polar surface area (TPSA) is 17.1 Å². The summed E-state index contributed by atoms with van der Waals surface area (Å²) in [4.78, 5) is 11.5. The summed E-state index contributed by atoms with van der Waals surface area (Å²) in [5, 5.41) is 0. The van der Waals surface area contributed by atoms with E-state index in [2.05, 4.69) is 41.5 Å². The Hall–Kier alpha value is -0.850. The first kappa shape index (κ1) is 12.2. The molecular weight excluding hydrogens is 184 g/mol. The van der Waals surface area contributed by atoms with Crippen molar-refractivity contribution in [3.8, 4) is 0 Å². The molecule has 0 amide bonds. The fourth-order valence-electron chi connectivity index (χ4n) is 1.98. The quantitative estimate of drug-likeness (QED) is 0.587. The van der Waals surface area contributed by atoms with Crippen molar-refractivity contribution in [1.29, 1.82) is 0 Å². The Kier molecular flexibility index (Phi) is 2.95. The molecule has 0 saturated heterocycles. The van der Waals surface area contributed by atoms with Gasteiger partial charge in [-0.25, -0.2) is 0 Å². The lowest BCUT2D eigenvalue weighted by atomic mass is 9.71. The molecule has 1 rings (SSSR count). The molecule has 0 aromatic carbocycles. The number of ketones is 1. The van der Waals surface area contributed by atoms with E-state index in [0.29, 0.717) is 6.42 Å². The molecular formula is C14H22O. The minimum absolute atomic E-state index is 0.0863. The van der Waals surface area contributed by atoms with Crippen molar-refractivity contribution >= 4 is 5.78 Å². The van der Waals surface area contributed by atoms with Crippen molar-refractivity contribution in [3.63, 3.8) is 0 Å². The van der Waals surface area contributed by atoms with Crippen LogP contribution in [0.3, 0.4) is 0 Å². The molecule has 1 aliphatic carbocycles. The molecule has 0 fully saturated rings. The lowest BCUT2D eigenvalue weighted by Gasteiger charge is -2.33. The summed E-state index contributed by atoms with van der Waals surface area (Å²) in [5.74, 6) is 0.230. The monoisotopic (exact) mass is 206 g/mol. The maximum Gasteiger partial charge on any atom is 0.159 e. The molecule has 0 saturated carbocycles. The Morgan fingerprint density at radius 1 is 0.933 bits per heavy atom. The van der Waals surface area contributed by atoms with Crippen LogP contribution in [0.25, 0.3) is 0 Å². The van der Waals surface area contributed by atoms with Crippen LogP contribution in [0, 0.1) is 10.8 Å². The number of carbonyl (C=O) groups excluding carboxylic acids is 1. The average Bonchev–Trinajstić information content (AvgIpc) is 2.00. The highest BCUT2D eigenvalue weighted by Crippen LogP contribution is 2.40. The van der Waals surface area contributed by atoms with E-state index in [0.717, 1.165) is 0 Å². The molecule has 0 aromatic rings. The summed E-state index contributed by atoms with van der Waals surface area (Å²) in [6.45, 7) is 13.2. The van der Waals surface area contributed by atoms with E-state index in [9.17, 15) is 4.79 Å². The molecule has 1 nitrogen and oxygen atoms in total. The Balaban J connectivity index is 3.27. The molecule has 0 aromatic heterocycles. The van der Waals surface area contributed by atoms with Gasteiger partial charge in [-0.15, -0.1) is 0 Å². The first-order valence-corrected chi connectivity index (χ1v) is 5.57. The van der Waals surface area contributed by atoms with Crippen molar-refractivity contribution in [1.82, 2.24) is 0 Å². The minimum Gasteiger partial charge on any atom is -0.294 e. The molecule has 0 heterocycles. The van der Waals surface area contributed by atoms with Crippen molar-refractivity contribution < 1.29 is 4.79 Å². The number of carbonyl (C=O) groups is 1. The average molecular weight is 206 g/mol. The second-order valence-electron chi connectivity index (χ2n) is 6.37. The fourth-order valence-corrected chi connectivity index (χ4v) is 1.98. The normalized spacial score (nSPS) is 18.7. The molecule has 84 valence electrons. The maximum atomic E-state index is 11.5. The standard InChI is InChI=1S/C14H22O/c1-13(2,3)11-8-7-10(15)9-12(11)14(4,5)6/h7-8H,9H2,1-6H3. The molecule has 0 N–H and O–H groups in total. The van der Waals surface area contributed by atoms with E-state index < -0.39 is 0 Å². The van der Waals surface area contributed by atoms with Gasteiger partial charge in [-0.3, -0.25) is 4.79 Å². The fraction of sp³-hybridized carbons (Fsp3) is 0.643. The highest BCUT2D eigenvalue weighted by atomic mass is 16.1. The third kappa shape index (κ3) is 2.80. The van der Waals surface area contributed by atoms with Crippen molar-refractivity contribution in [2.24, 2.45) is 10.8 Å². The van der Waals surface area contributed by atoms with Gasteiger partial charge in [0.25, 0.3) is 0 Å². The summed E-state index contributed by atoms with van der Waals surface area (Å²) in [6.07, 6.45) is 4.31. The second-order valence-corrected chi connectivity index (χ2v) is 6.37. The Morgan fingerprint density at radius 3 is 1.87 bits per heavy atom. The molecule has 15 heavy (non-hydrogen) atoms. The van der Waals surface area contributed by atoms with Crippen molar-refractivity contribution in [2.75, 3.05) is 0 Å². The summed E-state index contributed by atoms with van der Waals surface area (Å²) >= 11 is 0. The van der Waals surface area contributed by atoms with Gasteiger partial charge in [0.2, 0.25) is 0 Å². The first-order chi connectivity index (χ1) is 6.62. The zero-order valence-corrected chi connectivity index (χ0v) is 10.8. The zero-order chi connectivity index (χ0) is 11.9. The summed E-state index contributed by atoms with van der Waals surface area (Å²) in [7, 11) is 0. The molecule has 0 spiro atoms. The van der Waals surface area contributed by atoms with Gasteiger partial charge in [0.15, 0.2) is 5.78 Å². The van der Waals surface area contributed by atoms with Crippen molar-refractivity contribution in [3.05, 3.63) is 23.3 Å². The predicted molar refractivity (Wildman–Crippen MR) is 64.7 cm³/mol. The number of hydrogen-bond donors (Lipinski definition) is 0. The third-order valence-electron chi connectivity index (χ3n) is 2.83. The number of hydrogen-bond acceptors (Lipinski definition) is 1. The van der Waals surface area contributed by atoms with Crippen LogP contribution in [-0.2, 0) is 4.79 Å². The third-order valence-corrected chi connectivity index (χ3v) is 2.83. The van der Waals surface area contributed by atoms with Crippen LogP contribution in [-0.4, -0.2) is 5.78 Å². The van der Waals surface area contributed by atoms with Crippen LogP contribution in [0.15, 0.2) is 23.3 Å². The van der Waals surface area contributed by atoms with Gasteiger partial charge >= 0.3 is 0 Å². The van der Waals surface area contributed by atoms with Gasteiger partial charge in [0.1, 0.15) is 0 Å². The molecule has 1 aliphatic rings. The van der Waals surface area contributed by atoms with E-state index in [1.165, 1.54) is 11.1 Å². The molecule has 0 unspecified atom stereocenters. The van der Waals surface area contributed by atoms with E-state index in [1.807, 2.05) is 6.08 Å². The van der Waals surface area contributed by atoms with Crippen LogP contribution in [0.2, 0.25) is 0 Å². The van der Waals surface area contributed by atoms with E-state index in [1.54, 1.807) is 6.08 Å². The van der Waals surface area contributed by atoms with Crippen molar-refractivity contribution in [2.45, 2.75) is 48.0 Å². The smallest absolute Gasteiger partial charge is 0.159 e. The summed E-state index contributed by atoms with van der Waals surface area (Å²) in [5.41, 5.74) is 2.83. The van der Waals surface area contributed by atoms with Crippen LogP contribution >= 0.6 is 0 Å². The van der Waals surface area contributed by atoms with Crippen LogP contribution < -0.4 is 0 Å². The van der Waals surface area contributed by atoms with Crippen LogP contribution in [0.5, 0.6) is 0 Å². The SMILES string of the molecule is CC(C)(C)C1=C(C(C)(C)C)CC(=O)C=C1. The molecule has 0 atom stereocenters. The second kappa shape index (κ2) is 3.62. The first-order valence-electron chi connectivity index (χ1n) is 5.57. The minimum atomic E-state index is 0.0863. The van der Waals surface area contributed by atoms with Gasteiger partial charge in [-0.2, -0.15) is 0 Å².